The quantitative estimate of drug-likeness (QED) is 0.0810. The predicted octanol–water partition coefficient (Wildman–Crippen LogP) is 6.41. The van der Waals surface area contributed by atoms with Crippen molar-refractivity contribution in [3.63, 3.8) is 0 Å². The van der Waals surface area contributed by atoms with Crippen LogP contribution in [-0.2, 0) is 46.2 Å². The van der Waals surface area contributed by atoms with E-state index in [0.717, 1.165) is 50.7 Å². The van der Waals surface area contributed by atoms with Crippen molar-refractivity contribution in [2.75, 3.05) is 27.9 Å². The number of fused-ring (bicyclic) bond motifs is 8. The van der Waals surface area contributed by atoms with Gasteiger partial charge in [0.05, 0.1) is 50.4 Å². The second-order valence-electron chi connectivity index (χ2n) is 14.4. The maximum atomic E-state index is 14.2. The molecule has 0 fully saturated rings. The van der Waals surface area contributed by atoms with Crippen LogP contribution < -0.4 is 11.1 Å². The minimum absolute atomic E-state index is 0.0918. The highest BCUT2D eigenvalue weighted by atomic mass is 16.5. The van der Waals surface area contributed by atoms with E-state index < -0.39 is 23.9 Å². The van der Waals surface area contributed by atoms with E-state index in [1.807, 2.05) is 32.1 Å². The highest BCUT2D eigenvalue weighted by Gasteiger charge is 2.36. The van der Waals surface area contributed by atoms with Crippen LogP contribution in [0.25, 0.3) is 39.3 Å². The molecule has 3 aromatic heterocycles. The van der Waals surface area contributed by atoms with Crippen LogP contribution in [-0.4, -0.2) is 77.7 Å². The average molecular weight is 767 g/mol. The minimum Gasteiger partial charge on any atom is -0.469 e. The van der Waals surface area contributed by atoms with E-state index in [2.05, 4.69) is 41.8 Å². The first kappa shape index (κ1) is 41.6. The lowest BCUT2D eigenvalue weighted by molar-refractivity contribution is -0.145. The number of amides is 1. The number of methoxy groups -OCH3 is 3. The summed E-state index contributed by atoms with van der Waals surface area (Å²) in [5.74, 6) is -2.69. The highest BCUT2D eigenvalue weighted by molar-refractivity contribution is 6.25. The number of rotatable bonds is 14. The molecule has 0 aliphatic carbocycles. The van der Waals surface area contributed by atoms with Gasteiger partial charge in [0.1, 0.15) is 6.04 Å². The Morgan fingerprint density at radius 3 is 2.29 bits per heavy atom. The fourth-order valence-electron chi connectivity index (χ4n) is 7.85. The molecule has 5 rings (SSSR count). The zero-order valence-electron chi connectivity index (χ0n) is 33.7. The van der Waals surface area contributed by atoms with Gasteiger partial charge in [-0.25, -0.2) is 14.6 Å². The summed E-state index contributed by atoms with van der Waals surface area (Å²) in [4.78, 5) is 70.9. The smallest absolute Gasteiger partial charge is 0.340 e. The zero-order chi connectivity index (χ0) is 40.8. The first-order valence-corrected chi connectivity index (χ1v) is 19.1. The van der Waals surface area contributed by atoms with Crippen LogP contribution >= 0.6 is 0 Å². The van der Waals surface area contributed by atoms with E-state index in [9.17, 15) is 19.2 Å². The molecule has 2 aliphatic heterocycles. The van der Waals surface area contributed by atoms with Crippen LogP contribution in [0, 0.1) is 13.8 Å². The van der Waals surface area contributed by atoms with E-state index in [4.69, 9.17) is 29.9 Å². The normalized spacial score (nSPS) is 15.7. The number of H-pyrrole nitrogens is 2. The summed E-state index contributed by atoms with van der Waals surface area (Å²) in [5.41, 5.74) is 16.4. The van der Waals surface area contributed by atoms with E-state index in [0.29, 0.717) is 60.4 Å². The number of aromatic amines is 2. The summed E-state index contributed by atoms with van der Waals surface area (Å²) in [7, 11) is 3.92. The van der Waals surface area contributed by atoms with E-state index >= 15 is 0 Å². The van der Waals surface area contributed by atoms with Crippen LogP contribution in [0.2, 0.25) is 0 Å². The third-order valence-electron chi connectivity index (χ3n) is 11.1. The molecular formula is C43H54N6O7. The van der Waals surface area contributed by atoms with Gasteiger partial charge in [-0.05, 0) is 99.9 Å². The van der Waals surface area contributed by atoms with Crippen molar-refractivity contribution in [2.24, 2.45) is 5.73 Å². The number of unbranched alkanes of at least 4 members (excludes halogenated alkanes) is 1. The van der Waals surface area contributed by atoms with Gasteiger partial charge in [-0.2, -0.15) is 0 Å². The zero-order valence-corrected chi connectivity index (χ0v) is 33.7. The third-order valence-corrected chi connectivity index (χ3v) is 11.1. The lowest BCUT2D eigenvalue weighted by atomic mass is 9.84. The van der Waals surface area contributed by atoms with Crippen LogP contribution in [0.5, 0.6) is 0 Å². The van der Waals surface area contributed by atoms with Crippen LogP contribution in [0.4, 0.5) is 0 Å². The number of carbonyl (C=O) groups excluding carboxylic acids is 4. The maximum absolute atomic E-state index is 14.2. The molecule has 56 heavy (non-hydrogen) atoms. The first-order chi connectivity index (χ1) is 26.8. The fourth-order valence-corrected chi connectivity index (χ4v) is 7.85. The lowest BCUT2D eigenvalue weighted by Crippen LogP contribution is -2.42. The van der Waals surface area contributed by atoms with Crippen molar-refractivity contribution < 1.29 is 33.4 Å². The third kappa shape index (κ3) is 8.32. The topological polar surface area (TPSA) is 191 Å². The average Bonchev–Trinajstić information content (AvgIpc) is 3.87. The lowest BCUT2D eigenvalue weighted by Gasteiger charge is -2.20. The molecule has 5 N–H and O–H groups in total. The van der Waals surface area contributed by atoms with Crippen LogP contribution in [0.15, 0.2) is 24.8 Å². The fraction of sp³-hybridized carbons (Fsp3) is 0.442. The second-order valence-corrected chi connectivity index (χ2v) is 14.4. The van der Waals surface area contributed by atoms with Gasteiger partial charge in [0.2, 0.25) is 5.91 Å². The number of nitrogens with one attached hydrogen (secondary N) is 3. The molecule has 13 nitrogen and oxygen atoms in total. The standard InChI is InChI=1S/C43H54N6O7/c1-10-26-22(3)31-19-33-24(5)28(15-16-38(51)54-7)40(48-33)29(18-37(50)47-30(42(52)55-8)14-12-13-17-44)41-39(43(53)56-9)25(6)34(49-41)21-36-27(11-2)23(4)32(46-36)20-35(26)45-31/h10,19-21,24,28,30,45-46H,1,11-18,44H2,2-9H3,(H,47,50)/t24-,28-,30-/m0/s1. The van der Waals surface area contributed by atoms with Crippen molar-refractivity contribution in [2.45, 2.75) is 97.4 Å². The monoisotopic (exact) mass is 766 g/mol. The molecule has 0 unspecified atom stereocenters. The molecule has 3 atom stereocenters. The maximum Gasteiger partial charge on any atom is 0.340 e. The van der Waals surface area contributed by atoms with Gasteiger partial charge in [0.25, 0.3) is 0 Å². The second kappa shape index (κ2) is 17.9. The number of nitrogens with zero attached hydrogens (tertiary/aromatic N) is 2. The summed E-state index contributed by atoms with van der Waals surface area (Å²) in [6.07, 6.45) is 4.31. The van der Waals surface area contributed by atoms with Crippen molar-refractivity contribution in [1.29, 1.82) is 0 Å². The van der Waals surface area contributed by atoms with Gasteiger partial charge in [0, 0.05) is 57.1 Å². The summed E-state index contributed by atoms with van der Waals surface area (Å²) in [6.45, 7) is 14.6. The summed E-state index contributed by atoms with van der Waals surface area (Å²) in [6, 6.07) is 5.07. The predicted molar refractivity (Wildman–Crippen MR) is 217 cm³/mol. The van der Waals surface area contributed by atoms with Crippen molar-refractivity contribution >= 4 is 63.1 Å². The molecule has 0 saturated heterocycles. The van der Waals surface area contributed by atoms with E-state index in [-0.39, 0.29) is 41.9 Å². The molecule has 0 spiro atoms. The van der Waals surface area contributed by atoms with Gasteiger partial charge < -0.3 is 35.2 Å². The van der Waals surface area contributed by atoms with Gasteiger partial charge in [-0.1, -0.05) is 26.5 Å². The molecule has 3 aromatic rings. The van der Waals surface area contributed by atoms with Gasteiger partial charge in [-0.3, -0.25) is 14.6 Å². The van der Waals surface area contributed by atoms with Crippen molar-refractivity contribution in [3.8, 4) is 0 Å². The molecule has 0 saturated carbocycles. The van der Waals surface area contributed by atoms with Gasteiger partial charge in [-0.15, -0.1) is 0 Å². The number of allylic oxidation sites excluding steroid dienone is 1. The molecule has 0 aromatic carbocycles. The van der Waals surface area contributed by atoms with Crippen LogP contribution in [0.3, 0.4) is 0 Å². The molecular weight excluding hydrogens is 713 g/mol. The SMILES string of the molecule is C=Cc1c(C)c2cc3nc(c(CC(=O)N[C@@H](CCCCN)C(=O)OC)c4nc(cc5[nH]c(cc1[nH]2)c(C)c5CC)C(C)=C4C(=O)OC)[C@@H](CCC(=O)OC)[C@@H]3C. The van der Waals surface area contributed by atoms with Gasteiger partial charge >= 0.3 is 17.9 Å². The Kier molecular flexibility index (Phi) is 13.3. The summed E-state index contributed by atoms with van der Waals surface area (Å²) in [5, 5.41) is 2.86. The Morgan fingerprint density at radius 2 is 1.64 bits per heavy atom. The van der Waals surface area contributed by atoms with Crippen molar-refractivity contribution in [3.05, 3.63) is 75.4 Å². The summed E-state index contributed by atoms with van der Waals surface area (Å²) < 4.78 is 15.4. The minimum atomic E-state index is -0.919. The Morgan fingerprint density at radius 1 is 0.929 bits per heavy atom. The molecule has 298 valence electrons. The Bertz CT molecular complexity index is 2250. The number of aromatic nitrogens is 4. The number of hydrogen-bond donors (Lipinski definition) is 4. The molecule has 2 aliphatic rings. The number of nitrogens with two attached hydrogens (primary N) is 1. The number of esters is 3. The molecule has 13 heteroatoms. The highest BCUT2D eigenvalue weighted by Crippen LogP contribution is 2.44. The summed E-state index contributed by atoms with van der Waals surface area (Å²) >= 11 is 0. The number of hydrogen-bond acceptors (Lipinski definition) is 10. The Balaban J connectivity index is 1.92. The van der Waals surface area contributed by atoms with E-state index in [1.165, 1.54) is 21.3 Å². The number of aryl methyl sites for hydroxylation is 3. The molecule has 1 amide bonds. The van der Waals surface area contributed by atoms with Crippen LogP contribution in [0.1, 0.15) is 115 Å². The largest absolute Gasteiger partial charge is 0.469 e. The first-order valence-electron chi connectivity index (χ1n) is 19.1. The molecule has 5 heterocycles. The molecule has 0 radical (unpaired) electrons. The van der Waals surface area contributed by atoms with E-state index in [1.54, 1.807) is 6.92 Å². The molecule has 8 bridgehead atoms. The Hall–Kier alpha value is -5.56. The van der Waals surface area contributed by atoms with Crippen molar-refractivity contribution in [1.82, 2.24) is 25.3 Å². The van der Waals surface area contributed by atoms with Gasteiger partial charge in [0.15, 0.2) is 0 Å². The number of ether oxygens (including phenoxy) is 3. The Labute approximate surface area is 327 Å². The number of carbonyl (C=O) groups is 4.